The van der Waals surface area contributed by atoms with Crippen LogP contribution in [0.4, 0.5) is 10.1 Å². The van der Waals surface area contributed by atoms with Crippen molar-refractivity contribution in [2.75, 3.05) is 5.32 Å². The Morgan fingerprint density at radius 2 is 1.66 bits per heavy atom. The topological polar surface area (TPSA) is 79.8 Å². The van der Waals surface area contributed by atoms with Gasteiger partial charge in [-0.15, -0.1) is 0 Å². The van der Waals surface area contributed by atoms with Crippen LogP contribution in [-0.2, 0) is 16.2 Å². The Morgan fingerprint density at radius 3 is 2.34 bits per heavy atom. The first-order valence-electron chi connectivity index (χ1n) is 9.41. The molecule has 32 heavy (non-hydrogen) atoms. The molecular weight excluding hydrogens is 456 g/mol. The maximum Gasteiger partial charge on any atom is 0.329 e. The van der Waals surface area contributed by atoms with Gasteiger partial charge < -0.3 is 10.1 Å². The van der Waals surface area contributed by atoms with E-state index in [1.54, 1.807) is 55.5 Å². The van der Waals surface area contributed by atoms with Crippen LogP contribution in [0.15, 0.2) is 71.8 Å². The third kappa shape index (κ3) is 6.29. The second-order valence-corrected chi connectivity index (χ2v) is 7.42. The van der Waals surface area contributed by atoms with Crippen LogP contribution in [0.2, 0.25) is 10.0 Å². The van der Waals surface area contributed by atoms with E-state index in [4.69, 9.17) is 27.9 Å². The summed E-state index contributed by atoms with van der Waals surface area (Å²) < 4.78 is 18.6. The molecule has 0 atom stereocenters. The number of nitrogens with one attached hydrogen (secondary N) is 2. The average Bonchev–Trinajstić information content (AvgIpc) is 2.80. The highest BCUT2D eigenvalue weighted by Gasteiger charge is 2.15. The minimum atomic E-state index is -0.959. The lowest BCUT2D eigenvalue weighted by Gasteiger charge is -2.08. The number of hydrazone groups is 1. The molecule has 0 aliphatic heterocycles. The van der Waals surface area contributed by atoms with Gasteiger partial charge in [0.15, 0.2) is 0 Å². The minimum Gasteiger partial charge on any atom is -0.489 e. The smallest absolute Gasteiger partial charge is 0.329 e. The predicted octanol–water partition coefficient (Wildman–Crippen LogP) is 5.19. The Labute approximate surface area is 194 Å². The SMILES string of the molecule is C/C(=N\NC(=O)C(=O)Nc1cccc(Cl)c1Cl)c1ccc(OCc2ccc(F)cc2)cc1. The second-order valence-electron chi connectivity index (χ2n) is 6.63. The lowest BCUT2D eigenvalue weighted by Crippen LogP contribution is -2.33. The van der Waals surface area contributed by atoms with Gasteiger partial charge >= 0.3 is 11.8 Å². The fourth-order valence-corrected chi connectivity index (χ4v) is 2.92. The normalized spacial score (nSPS) is 11.1. The summed E-state index contributed by atoms with van der Waals surface area (Å²) >= 11 is 11.9. The molecule has 9 heteroatoms. The van der Waals surface area contributed by atoms with Gasteiger partial charge in [-0.1, -0.05) is 41.4 Å². The molecule has 2 N–H and O–H groups in total. The van der Waals surface area contributed by atoms with Crippen molar-refractivity contribution in [2.45, 2.75) is 13.5 Å². The Morgan fingerprint density at radius 1 is 0.969 bits per heavy atom. The number of benzene rings is 3. The van der Waals surface area contributed by atoms with Gasteiger partial charge in [0.2, 0.25) is 0 Å². The molecule has 0 fully saturated rings. The van der Waals surface area contributed by atoms with Gasteiger partial charge in [0.25, 0.3) is 0 Å². The van der Waals surface area contributed by atoms with Crippen LogP contribution >= 0.6 is 23.2 Å². The van der Waals surface area contributed by atoms with Crippen LogP contribution in [0.3, 0.4) is 0 Å². The summed E-state index contributed by atoms with van der Waals surface area (Å²) in [6.45, 7) is 1.98. The summed E-state index contributed by atoms with van der Waals surface area (Å²) in [5.74, 6) is -1.58. The van der Waals surface area contributed by atoms with E-state index in [1.165, 1.54) is 18.2 Å². The maximum atomic E-state index is 12.9. The zero-order valence-corrected chi connectivity index (χ0v) is 18.4. The number of ether oxygens (including phenoxy) is 1. The largest absolute Gasteiger partial charge is 0.489 e. The highest BCUT2D eigenvalue weighted by atomic mass is 35.5. The first kappa shape index (κ1) is 23.2. The van der Waals surface area contributed by atoms with Crippen molar-refractivity contribution >= 4 is 46.4 Å². The zero-order chi connectivity index (χ0) is 23.1. The lowest BCUT2D eigenvalue weighted by atomic mass is 10.1. The summed E-state index contributed by atoms with van der Waals surface area (Å²) in [7, 11) is 0. The van der Waals surface area contributed by atoms with Crippen LogP contribution in [-0.4, -0.2) is 17.5 Å². The van der Waals surface area contributed by atoms with Crippen molar-refractivity contribution < 1.29 is 18.7 Å². The van der Waals surface area contributed by atoms with Crippen LogP contribution in [0.5, 0.6) is 5.75 Å². The van der Waals surface area contributed by atoms with Crippen molar-refractivity contribution in [1.29, 1.82) is 0 Å². The lowest BCUT2D eigenvalue weighted by molar-refractivity contribution is -0.136. The third-order valence-electron chi connectivity index (χ3n) is 4.32. The maximum absolute atomic E-state index is 12.9. The molecule has 2 amide bonds. The van der Waals surface area contributed by atoms with Gasteiger partial charge in [-0.25, -0.2) is 9.82 Å². The van der Waals surface area contributed by atoms with Crippen LogP contribution in [0.1, 0.15) is 18.1 Å². The van der Waals surface area contributed by atoms with Gasteiger partial charge in [0.05, 0.1) is 21.4 Å². The molecular formula is C23H18Cl2FN3O3. The van der Waals surface area contributed by atoms with Gasteiger partial charge in [0.1, 0.15) is 18.2 Å². The molecule has 0 saturated carbocycles. The molecule has 3 aromatic carbocycles. The highest BCUT2D eigenvalue weighted by Crippen LogP contribution is 2.29. The van der Waals surface area contributed by atoms with E-state index in [0.29, 0.717) is 18.1 Å². The molecule has 6 nitrogen and oxygen atoms in total. The number of carbonyl (C=O) groups is 2. The Bertz CT molecular complexity index is 1150. The first-order chi connectivity index (χ1) is 15.3. The number of hydrogen-bond acceptors (Lipinski definition) is 4. The van der Waals surface area contributed by atoms with Gasteiger partial charge in [-0.05, 0) is 66.6 Å². The average molecular weight is 474 g/mol. The molecule has 0 bridgehead atoms. The number of rotatable bonds is 6. The molecule has 0 aliphatic carbocycles. The van der Waals surface area contributed by atoms with Crippen molar-refractivity contribution in [1.82, 2.24) is 5.43 Å². The molecule has 0 radical (unpaired) electrons. The summed E-state index contributed by atoms with van der Waals surface area (Å²) in [5.41, 5.74) is 4.46. The molecule has 0 unspecified atom stereocenters. The van der Waals surface area contributed by atoms with E-state index in [2.05, 4.69) is 15.8 Å². The first-order valence-corrected chi connectivity index (χ1v) is 10.2. The van der Waals surface area contributed by atoms with E-state index >= 15 is 0 Å². The molecule has 3 aromatic rings. The van der Waals surface area contributed by atoms with E-state index in [1.807, 2.05) is 0 Å². The third-order valence-corrected chi connectivity index (χ3v) is 5.14. The fraction of sp³-hybridized carbons (Fsp3) is 0.0870. The number of hydrogen-bond donors (Lipinski definition) is 2. The summed E-state index contributed by atoms with van der Waals surface area (Å²) in [6, 6.07) is 17.7. The van der Waals surface area contributed by atoms with Crippen molar-refractivity contribution in [3.63, 3.8) is 0 Å². The van der Waals surface area contributed by atoms with Crippen molar-refractivity contribution in [3.8, 4) is 5.75 Å². The zero-order valence-electron chi connectivity index (χ0n) is 16.9. The van der Waals surface area contributed by atoms with E-state index in [-0.39, 0.29) is 21.5 Å². The molecule has 164 valence electrons. The summed E-state index contributed by atoms with van der Waals surface area (Å²) in [5, 5.41) is 6.72. The van der Waals surface area contributed by atoms with E-state index in [0.717, 1.165) is 11.1 Å². The number of anilines is 1. The molecule has 0 aliphatic rings. The minimum absolute atomic E-state index is 0.136. The van der Waals surface area contributed by atoms with Crippen LogP contribution < -0.4 is 15.5 Å². The second kappa shape index (κ2) is 10.7. The van der Waals surface area contributed by atoms with Crippen LogP contribution in [0.25, 0.3) is 0 Å². The Kier molecular flexibility index (Phi) is 7.81. The Hall–Kier alpha value is -3.42. The number of halogens is 3. The molecule has 3 rings (SSSR count). The van der Waals surface area contributed by atoms with Gasteiger partial charge in [-0.3, -0.25) is 9.59 Å². The van der Waals surface area contributed by atoms with E-state index in [9.17, 15) is 14.0 Å². The molecule has 0 aromatic heterocycles. The summed E-state index contributed by atoms with van der Waals surface area (Å²) in [6.07, 6.45) is 0. The van der Waals surface area contributed by atoms with Crippen molar-refractivity contribution in [3.05, 3.63) is 93.7 Å². The fourth-order valence-electron chi connectivity index (χ4n) is 2.57. The Balaban J connectivity index is 1.54. The molecule has 0 heterocycles. The molecule has 0 spiro atoms. The predicted molar refractivity (Wildman–Crippen MR) is 123 cm³/mol. The summed E-state index contributed by atoms with van der Waals surface area (Å²) in [4.78, 5) is 24.1. The van der Waals surface area contributed by atoms with Gasteiger partial charge in [0, 0.05) is 0 Å². The number of carbonyl (C=O) groups excluding carboxylic acids is 2. The van der Waals surface area contributed by atoms with E-state index < -0.39 is 11.8 Å². The molecule has 0 saturated heterocycles. The van der Waals surface area contributed by atoms with Gasteiger partial charge in [-0.2, -0.15) is 5.10 Å². The standard InChI is InChI=1S/C23H18Cl2FN3O3/c1-14(28-29-23(31)22(30)27-20-4-2-3-19(24)21(20)25)16-7-11-18(12-8-16)32-13-15-5-9-17(26)10-6-15/h2-12H,13H2,1H3,(H,27,30)(H,29,31)/b28-14+. The van der Waals surface area contributed by atoms with Crippen LogP contribution in [0, 0.1) is 5.82 Å². The number of amides is 2. The van der Waals surface area contributed by atoms with Crippen molar-refractivity contribution in [2.24, 2.45) is 5.10 Å². The highest BCUT2D eigenvalue weighted by molar-refractivity contribution is 6.45. The monoisotopic (exact) mass is 473 g/mol. The quantitative estimate of drug-likeness (QED) is 0.293. The number of nitrogens with zero attached hydrogens (tertiary/aromatic N) is 1.